The van der Waals surface area contributed by atoms with E-state index in [4.69, 9.17) is 10.5 Å². The smallest absolute Gasteiger partial charge is 0.313 e. The monoisotopic (exact) mass is 350 g/mol. The number of hydrogen-bond donors (Lipinski definition) is 3. The Morgan fingerprint density at radius 3 is 2.44 bits per heavy atom. The summed E-state index contributed by atoms with van der Waals surface area (Å²) in [5.41, 5.74) is 5.14. The van der Waals surface area contributed by atoms with Crippen molar-refractivity contribution in [3.63, 3.8) is 0 Å². The van der Waals surface area contributed by atoms with Crippen molar-refractivity contribution in [1.82, 2.24) is 5.32 Å². The zero-order chi connectivity index (χ0) is 17.8. The second kappa shape index (κ2) is 5.68. The molecule has 0 heterocycles. The first-order chi connectivity index (χ1) is 11.8. The molecule has 140 valence electrons. The fourth-order valence-corrected chi connectivity index (χ4v) is 6.25. The molecule has 0 aromatic rings. The average molecular weight is 350 g/mol. The largest absolute Gasteiger partial charge is 0.481 e. The van der Waals surface area contributed by atoms with Crippen LogP contribution in [0, 0.1) is 10.8 Å². The predicted molar refractivity (Wildman–Crippen MR) is 91.6 cm³/mol. The fraction of sp³-hybridized carbons (Fsp3) is 0.895. The maximum atomic E-state index is 12.8. The molecule has 0 radical (unpaired) electrons. The van der Waals surface area contributed by atoms with E-state index in [1.165, 1.54) is 0 Å². The maximum Gasteiger partial charge on any atom is 0.313 e. The molecule has 4 aliphatic rings. The van der Waals surface area contributed by atoms with E-state index < -0.39 is 16.8 Å². The van der Waals surface area contributed by atoms with Crippen molar-refractivity contribution in [2.45, 2.75) is 88.1 Å². The van der Waals surface area contributed by atoms with E-state index in [-0.39, 0.29) is 23.8 Å². The number of esters is 1. The van der Waals surface area contributed by atoms with Crippen LogP contribution in [0.5, 0.6) is 0 Å². The van der Waals surface area contributed by atoms with Crippen LogP contribution >= 0.6 is 0 Å². The topological polar surface area (TPSA) is 102 Å². The van der Waals surface area contributed by atoms with Gasteiger partial charge in [0, 0.05) is 11.1 Å². The average Bonchev–Trinajstić information content (AvgIpc) is 2.99. The molecule has 4 atom stereocenters. The summed E-state index contributed by atoms with van der Waals surface area (Å²) < 4.78 is 5.62. The van der Waals surface area contributed by atoms with Gasteiger partial charge < -0.3 is 15.6 Å². The van der Waals surface area contributed by atoms with Crippen molar-refractivity contribution in [2.24, 2.45) is 16.6 Å². The molecule has 0 saturated heterocycles. The SMILES string of the molecule is NC12CCCC(NCOC(=O)C34CCCC(C(=O)O)(CC3)C4)(CC1)C2. The van der Waals surface area contributed by atoms with Gasteiger partial charge in [0.15, 0.2) is 0 Å². The molecular weight excluding hydrogens is 320 g/mol. The Morgan fingerprint density at radius 1 is 0.920 bits per heavy atom. The van der Waals surface area contributed by atoms with Gasteiger partial charge in [-0.1, -0.05) is 6.42 Å². The van der Waals surface area contributed by atoms with E-state index >= 15 is 0 Å². The van der Waals surface area contributed by atoms with E-state index in [0.717, 1.165) is 51.4 Å². The Kier molecular flexibility index (Phi) is 3.93. The summed E-state index contributed by atoms with van der Waals surface area (Å²) >= 11 is 0. The number of carbonyl (C=O) groups is 2. The second-order valence-electron chi connectivity index (χ2n) is 9.32. The standard InChI is InChI=1S/C19H30N2O4/c20-18-5-2-6-19(12-18,10-9-18)21-13-25-15(24)17-4-1-3-16(11-17,7-8-17)14(22)23/h21H,1-13,20H2,(H,22,23). The fourth-order valence-electron chi connectivity index (χ4n) is 6.25. The third-order valence-electron chi connectivity index (χ3n) is 7.73. The first-order valence-corrected chi connectivity index (χ1v) is 9.76. The highest BCUT2D eigenvalue weighted by atomic mass is 16.5. The first-order valence-electron chi connectivity index (χ1n) is 9.76. The Morgan fingerprint density at radius 2 is 1.64 bits per heavy atom. The normalized spacial score (nSPS) is 45.3. The molecule has 4 rings (SSSR count). The van der Waals surface area contributed by atoms with Gasteiger partial charge in [0.2, 0.25) is 0 Å². The highest BCUT2D eigenvalue weighted by Crippen LogP contribution is 2.59. The number of nitrogens with two attached hydrogens (primary N) is 1. The number of carboxylic acid groups (broad SMARTS) is 1. The molecule has 0 aliphatic heterocycles. The predicted octanol–water partition coefficient (Wildman–Crippen LogP) is 2.31. The summed E-state index contributed by atoms with van der Waals surface area (Å²) in [5.74, 6) is -0.946. The Bertz CT molecular complexity index is 596. The molecule has 0 spiro atoms. The third-order valence-corrected chi connectivity index (χ3v) is 7.73. The van der Waals surface area contributed by atoms with Crippen LogP contribution in [0.4, 0.5) is 0 Å². The van der Waals surface area contributed by atoms with E-state index in [1.54, 1.807) is 0 Å². The van der Waals surface area contributed by atoms with Crippen LogP contribution < -0.4 is 11.1 Å². The highest BCUT2D eigenvalue weighted by molar-refractivity contribution is 5.82. The summed E-state index contributed by atoms with van der Waals surface area (Å²) in [6, 6.07) is 0. The van der Waals surface area contributed by atoms with Gasteiger partial charge in [-0.3, -0.25) is 14.9 Å². The third kappa shape index (κ3) is 2.78. The van der Waals surface area contributed by atoms with E-state index in [1.807, 2.05) is 0 Å². The van der Waals surface area contributed by atoms with Crippen molar-refractivity contribution in [1.29, 1.82) is 0 Å². The van der Waals surface area contributed by atoms with Crippen LogP contribution in [0.15, 0.2) is 0 Å². The molecule has 4 saturated carbocycles. The van der Waals surface area contributed by atoms with Crippen molar-refractivity contribution in [3.05, 3.63) is 0 Å². The van der Waals surface area contributed by atoms with Gasteiger partial charge in [-0.15, -0.1) is 0 Å². The summed E-state index contributed by atoms with van der Waals surface area (Å²) in [6.45, 7) is 0.219. The minimum absolute atomic E-state index is 0.0258. The lowest BCUT2D eigenvalue weighted by Crippen LogP contribution is -2.51. The Balaban J connectivity index is 1.35. The van der Waals surface area contributed by atoms with Gasteiger partial charge in [0.25, 0.3) is 0 Å². The number of carbonyl (C=O) groups excluding carboxylic acids is 1. The van der Waals surface area contributed by atoms with Gasteiger partial charge in [-0.2, -0.15) is 0 Å². The van der Waals surface area contributed by atoms with Gasteiger partial charge >= 0.3 is 11.9 Å². The van der Waals surface area contributed by atoms with Crippen LogP contribution in [-0.4, -0.2) is 34.9 Å². The van der Waals surface area contributed by atoms with Crippen molar-refractivity contribution in [3.8, 4) is 0 Å². The zero-order valence-electron chi connectivity index (χ0n) is 14.9. The van der Waals surface area contributed by atoms with Crippen LogP contribution in [0.2, 0.25) is 0 Å². The molecule has 0 amide bonds. The van der Waals surface area contributed by atoms with Crippen LogP contribution in [-0.2, 0) is 14.3 Å². The summed E-state index contributed by atoms with van der Waals surface area (Å²) in [4.78, 5) is 24.4. The van der Waals surface area contributed by atoms with E-state index in [2.05, 4.69) is 5.32 Å². The van der Waals surface area contributed by atoms with Gasteiger partial charge in [0.1, 0.15) is 6.73 Å². The lowest BCUT2D eigenvalue weighted by atomic mass is 9.69. The Labute approximate surface area is 148 Å². The minimum atomic E-state index is -0.744. The quantitative estimate of drug-likeness (QED) is 0.519. The van der Waals surface area contributed by atoms with Crippen LogP contribution in [0.3, 0.4) is 0 Å². The van der Waals surface area contributed by atoms with E-state index in [0.29, 0.717) is 25.7 Å². The maximum absolute atomic E-state index is 12.8. The lowest BCUT2D eigenvalue weighted by molar-refractivity contribution is -0.162. The number of hydrogen-bond acceptors (Lipinski definition) is 5. The molecule has 0 aromatic carbocycles. The molecule has 6 nitrogen and oxygen atoms in total. The second-order valence-corrected chi connectivity index (χ2v) is 9.32. The number of aliphatic carboxylic acids is 1. The summed E-state index contributed by atoms with van der Waals surface area (Å²) in [6.07, 6.45) is 10.3. The molecule has 4 fully saturated rings. The van der Waals surface area contributed by atoms with Crippen LogP contribution in [0.1, 0.15) is 77.0 Å². The highest BCUT2D eigenvalue weighted by Gasteiger charge is 2.59. The lowest BCUT2D eigenvalue weighted by Gasteiger charge is -2.39. The van der Waals surface area contributed by atoms with Gasteiger partial charge in [-0.05, 0) is 70.6 Å². The molecule has 4 unspecified atom stereocenters. The van der Waals surface area contributed by atoms with E-state index in [9.17, 15) is 14.7 Å². The van der Waals surface area contributed by atoms with Crippen LogP contribution in [0.25, 0.3) is 0 Å². The van der Waals surface area contributed by atoms with Crippen molar-refractivity contribution >= 4 is 11.9 Å². The number of ether oxygens (including phenoxy) is 1. The molecule has 0 aromatic heterocycles. The number of carboxylic acids is 1. The number of fused-ring (bicyclic) bond motifs is 4. The molecule has 4 N–H and O–H groups in total. The minimum Gasteiger partial charge on any atom is -0.481 e. The molecular formula is C19H30N2O4. The number of nitrogens with one attached hydrogen (secondary N) is 1. The van der Waals surface area contributed by atoms with Crippen molar-refractivity contribution < 1.29 is 19.4 Å². The van der Waals surface area contributed by atoms with Gasteiger partial charge in [0.05, 0.1) is 10.8 Å². The molecule has 4 bridgehead atoms. The molecule has 25 heavy (non-hydrogen) atoms. The summed E-state index contributed by atoms with van der Waals surface area (Å²) in [5, 5.41) is 13.0. The Hall–Kier alpha value is -1.14. The first kappa shape index (κ1) is 17.3. The molecule has 6 heteroatoms. The zero-order valence-corrected chi connectivity index (χ0v) is 14.9. The van der Waals surface area contributed by atoms with Crippen molar-refractivity contribution in [2.75, 3.05) is 6.73 Å². The van der Waals surface area contributed by atoms with Gasteiger partial charge in [-0.25, -0.2) is 0 Å². The molecule has 4 aliphatic carbocycles. The number of rotatable bonds is 5. The summed E-state index contributed by atoms with van der Waals surface area (Å²) in [7, 11) is 0.